The van der Waals surface area contributed by atoms with Gasteiger partial charge >= 0.3 is 0 Å². The molecule has 0 saturated carbocycles. The van der Waals surface area contributed by atoms with Gasteiger partial charge in [-0.2, -0.15) is 0 Å². The third-order valence-corrected chi connectivity index (χ3v) is 5.19. The van der Waals surface area contributed by atoms with Crippen LogP contribution in [0.5, 0.6) is 0 Å². The number of benzene rings is 1. The van der Waals surface area contributed by atoms with Crippen molar-refractivity contribution in [2.75, 3.05) is 6.54 Å². The molecule has 140 valence electrons. The van der Waals surface area contributed by atoms with Crippen LogP contribution >= 0.6 is 11.8 Å². The van der Waals surface area contributed by atoms with Crippen LogP contribution in [0, 0.1) is 19.7 Å². The van der Waals surface area contributed by atoms with E-state index in [-0.39, 0.29) is 11.7 Å². The molecule has 0 aliphatic heterocycles. The molecule has 0 radical (unpaired) electrons. The van der Waals surface area contributed by atoms with Crippen LogP contribution < -0.4 is 5.32 Å². The van der Waals surface area contributed by atoms with Gasteiger partial charge in [0, 0.05) is 24.1 Å². The highest BCUT2D eigenvalue weighted by atomic mass is 32.2. The minimum Gasteiger partial charge on any atom is -0.361 e. The summed E-state index contributed by atoms with van der Waals surface area (Å²) in [6.45, 7) is 4.23. The lowest BCUT2D eigenvalue weighted by Gasteiger charge is -2.09. The van der Waals surface area contributed by atoms with Crippen molar-refractivity contribution in [3.05, 3.63) is 76.6 Å². The van der Waals surface area contributed by atoms with Gasteiger partial charge in [0.25, 0.3) is 5.91 Å². The average Bonchev–Trinajstić information content (AvgIpc) is 2.99. The molecular weight excluding hydrogens is 365 g/mol. The summed E-state index contributed by atoms with van der Waals surface area (Å²) in [6.07, 6.45) is 2.30. The zero-order chi connectivity index (χ0) is 19.2. The number of pyridine rings is 1. The number of thioether (sulfide) groups is 1. The van der Waals surface area contributed by atoms with Gasteiger partial charge in [0.15, 0.2) is 0 Å². The average molecular weight is 385 g/mol. The molecule has 0 saturated heterocycles. The maximum Gasteiger partial charge on any atom is 0.254 e. The van der Waals surface area contributed by atoms with Crippen molar-refractivity contribution in [3.8, 4) is 0 Å². The standard InChI is InChI=1S/C20H20FN3O2S/c1-13-18(14(2)26-24-13)12-27-20-17(4-3-10-23-20)19(25)22-11-9-15-5-7-16(21)8-6-15/h3-8,10H,9,11-12H2,1-2H3,(H,22,25). The molecule has 27 heavy (non-hydrogen) atoms. The van der Waals surface area contributed by atoms with Gasteiger partial charge in [-0.05, 0) is 50.1 Å². The number of rotatable bonds is 7. The van der Waals surface area contributed by atoms with Crippen LogP contribution in [-0.2, 0) is 12.2 Å². The summed E-state index contributed by atoms with van der Waals surface area (Å²) >= 11 is 1.48. The van der Waals surface area contributed by atoms with Crippen molar-refractivity contribution in [2.45, 2.75) is 31.0 Å². The third-order valence-electron chi connectivity index (χ3n) is 4.16. The van der Waals surface area contributed by atoms with Crippen LogP contribution in [0.1, 0.15) is 32.9 Å². The monoisotopic (exact) mass is 385 g/mol. The molecule has 0 spiro atoms. The van der Waals surface area contributed by atoms with Crippen molar-refractivity contribution in [1.82, 2.24) is 15.5 Å². The topological polar surface area (TPSA) is 68.0 Å². The maximum absolute atomic E-state index is 12.9. The Morgan fingerprint density at radius 1 is 1.22 bits per heavy atom. The highest BCUT2D eigenvalue weighted by Crippen LogP contribution is 2.27. The summed E-state index contributed by atoms with van der Waals surface area (Å²) in [4.78, 5) is 16.9. The van der Waals surface area contributed by atoms with Gasteiger partial charge in [-0.25, -0.2) is 9.37 Å². The number of nitrogens with one attached hydrogen (secondary N) is 1. The minimum atomic E-state index is -0.266. The molecule has 7 heteroatoms. The second-order valence-electron chi connectivity index (χ2n) is 6.08. The van der Waals surface area contributed by atoms with Crippen LogP contribution in [-0.4, -0.2) is 22.6 Å². The van der Waals surface area contributed by atoms with E-state index in [1.165, 1.54) is 23.9 Å². The Morgan fingerprint density at radius 3 is 2.70 bits per heavy atom. The first-order valence-electron chi connectivity index (χ1n) is 8.57. The van der Waals surface area contributed by atoms with Gasteiger partial charge in [-0.15, -0.1) is 11.8 Å². The molecule has 0 aliphatic rings. The SMILES string of the molecule is Cc1noc(C)c1CSc1ncccc1C(=O)NCCc1ccc(F)cc1. The van der Waals surface area contributed by atoms with E-state index in [9.17, 15) is 9.18 Å². The Kier molecular flexibility index (Phi) is 6.24. The number of nitrogens with zero attached hydrogens (tertiary/aromatic N) is 2. The number of carbonyl (C=O) groups excluding carboxylic acids is 1. The Morgan fingerprint density at radius 2 is 2.00 bits per heavy atom. The van der Waals surface area contributed by atoms with Crippen molar-refractivity contribution in [3.63, 3.8) is 0 Å². The van der Waals surface area contributed by atoms with Crippen LogP contribution in [0.4, 0.5) is 4.39 Å². The van der Waals surface area contributed by atoms with E-state index >= 15 is 0 Å². The summed E-state index contributed by atoms with van der Waals surface area (Å²) < 4.78 is 18.1. The fourth-order valence-corrected chi connectivity index (χ4v) is 3.74. The number of halogens is 1. The number of hydrogen-bond acceptors (Lipinski definition) is 5. The normalized spacial score (nSPS) is 10.8. The van der Waals surface area contributed by atoms with Crippen LogP contribution in [0.15, 0.2) is 52.1 Å². The molecule has 2 aromatic heterocycles. The van der Waals surface area contributed by atoms with E-state index in [1.807, 2.05) is 13.8 Å². The van der Waals surface area contributed by atoms with E-state index in [1.54, 1.807) is 30.5 Å². The second-order valence-corrected chi connectivity index (χ2v) is 7.04. The second kappa shape index (κ2) is 8.81. The number of aryl methyl sites for hydroxylation is 2. The highest BCUT2D eigenvalue weighted by molar-refractivity contribution is 7.98. The van der Waals surface area contributed by atoms with Crippen molar-refractivity contribution < 1.29 is 13.7 Å². The molecule has 2 heterocycles. The van der Waals surface area contributed by atoms with E-state index in [0.29, 0.717) is 29.3 Å². The van der Waals surface area contributed by atoms with Crippen LogP contribution in [0.2, 0.25) is 0 Å². The van der Waals surface area contributed by atoms with Gasteiger partial charge in [-0.1, -0.05) is 17.3 Å². The van der Waals surface area contributed by atoms with Crippen LogP contribution in [0.3, 0.4) is 0 Å². The van der Waals surface area contributed by atoms with Crippen molar-refractivity contribution in [2.24, 2.45) is 0 Å². The van der Waals surface area contributed by atoms with Crippen LogP contribution in [0.25, 0.3) is 0 Å². The van der Waals surface area contributed by atoms with E-state index in [2.05, 4.69) is 15.5 Å². The first kappa shape index (κ1) is 19.1. The van der Waals surface area contributed by atoms with Gasteiger partial charge < -0.3 is 9.84 Å². The molecule has 1 N–H and O–H groups in total. The molecule has 1 amide bonds. The third kappa shape index (κ3) is 4.95. The molecule has 3 rings (SSSR count). The first-order chi connectivity index (χ1) is 13.0. The Bertz CT molecular complexity index is 906. The van der Waals surface area contributed by atoms with E-state index in [0.717, 1.165) is 22.6 Å². The Balaban J connectivity index is 1.60. The summed E-state index contributed by atoms with van der Waals surface area (Å²) in [5.74, 6) is 0.972. The molecule has 3 aromatic rings. The van der Waals surface area contributed by atoms with Crippen molar-refractivity contribution in [1.29, 1.82) is 0 Å². The predicted molar refractivity (Wildman–Crippen MR) is 102 cm³/mol. The lowest BCUT2D eigenvalue weighted by molar-refractivity contribution is 0.0950. The zero-order valence-corrected chi connectivity index (χ0v) is 16.0. The summed E-state index contributed by atoms with van der Waals surface area (Å²) in [5, 5.41) is 7.51. The largest absolute Gasteiger partial charge is 0.361 e. The summed E-state index contributed by atoms with van der Waals surface area (Å²) in [6, 6.07) is 9.78. The molecule has 0 bridgehead atoms. The minimum absolute atomic E-state index is 0.175. The number of hydrogen-bond donors (Lipinski definition) is 1. The fraction of sp³-hybridized carbons (Fsp3) is 0.250. The smallest absolute Gasteiger partial charge is 0.254 e. The quantitative estimate of drug-likeness (QED) is 0.621. The van der Waals surface area contributed by atoms with E-state index in [4.69, 9.17) is 4.52 Å². The lowest BCUT2D eigenvalue weighted by Crippen LogP contribution is -2.26. The molecule has 1 aromatic carbocycles. The predicted octanol–water partition coefficient (Wildman–Crippen LogP) is 4.09. The Labute approximate surface area is 161 Å². The number of carbonyl (C=O) groups is 1. The van der Waals surface area contributed by atoms with Gasteiger partial charge in [-0.3, -0.25) is 4.79 Å². The van der Waals surface area contributed by atoms with Crippen molar-refractivity contribution >= 4 is 17.7 Å². The highest BCUT2D eigenvalue weighted by Gasteiger charge is 2.15. The summed E-state index contributed by atoms with van der Waals surface area (Å²) in [7, 11) is 0. The lowest BCUT2D eigenvalue weighted by atomic mass is 10.1. The zero-order valence-electron chi connectivity index (χ0n) is 15.2. The first-order valence-corrected chi connectivity index (χ1v) is 9.55. The number of aromatic nitrogens is 2. The van der Waals surface area contributed by atoms with Gasteiger partial charge in [0.1, 0.15) is 16.6 Å². The molecule has 5 nitrogen and oxygen atoms in total. The maximum atomic E-state index is 12.9. The Hall–Kier alpha value is -2.67. The van der Waals surface area contributed by atoms with Gasteiger partial charge in [0.2, 0.25) is 0 Å². The number of amides is 1. The molecular formula is C20H20FN3O2S. The fourth-order valence-electron chi connectivity index (χ4n) is 2.59. The molecule has 0 unspecified atom stereocenters. The molecule has 0 fully saturated rings. The summed E-state index contributed by atoms with van der Waals surface area (Å²) in [5.41, 5.74) is 3.37. The van der Waals surface area contributed by atoms with Gasteiger partial charge in [0.05, 0.1) is 11.3 Å². The van der Waals surface area contributed by atoms with E-state index < -0.39 is 0 Å². The molecule has 0 atom stereocenters. The molecule has 0 aliphatic carbocycles.